The molecular formula is C14H14ClN3O. The summed E-state index contributed by atoms with van der Waals surface area (Å²) in [6.07, 6.45) is 1.65. The van der Waals surface area contributed by atoms with Gasteiger partial charge in [-0.05, 0) is 13.0 Å². The van der Waals surface area contributed by atoms with E-state index >= 15 is 0 Å². The molecule has 98 valence electrons. The van der Waals surface area contributed by atoms with Crippen LogP contribution in [0.1, 0.15) is 11.4 Å². The van der Waals surface area contributed by atoms with Gasteiger partial charge >= 0.3 is 0 Å². The molecule has 0 amide bonds. The number of ether oxygens (including phenoxy) is 1. The molecule has 0 N–H and O–H groups in total. The number of aromatic nitrogens is 2. The number of aryl methyl sites for hydroxylation is 1. The van der Waals surface area contributed by atoms with E-state index in [9.17, 15) is 0 Å². The van der Waals surface area contributed by atoms with Crippen LogP contribution in [0, 0.1) is 6.92 Å². The van der Waals surface area contributed by atoms with Gasteiger partial charge in [0, 0.05) is 12.1 Å². The van der Waals surface area contributed by atoms with Crippen molar-refractivity contribution in [2.75, 3.05) is 18.1 Å². The molecule has 5 heteroatoms. The van der Waals surface area contributed by atoms with Gasteiger partial charge in [-0.25, -0.2) is 9.97 Å². The second-order valence-electron chi connectivity index (χ2n) is 4.47. The smallest absolute Gasteiger partial charge is 0.151 e. The highest BCUT2D eigenvalue weighted by Gasteiger charge is 2.18. The second kappa shape index (κ2) is 5.05. The average molecular weight is 276 g/mol. The Balaban J connectivity index is 1.96. The molecule has 0 saturated heterocycles. The first-order valence-corrected chi connectivity index (χ1v) is 6.56. The maximum absolute atomic E-state index is 6.20. The van der Waals surface area contributed by atoms with Crippen LogP contribution >= 0.6 is 11.6 Å². The normalized spacial score (nSPS) is 14.5. The molecule has 1 aliphatic heterocycles. The number of fused-ring (bicyclic) bond motifs is 1. The Labute approximate surface area is 117 Å². The molecule has 0 saturated carbocycles. The molecule has 1 aromatic heterocycles. The highest BCUT2D eigenvalue weighted by atomic mass is 35.5. The van der Waals surface area contributed by atoms with E-state index in [1.54, 1.807) is 6.20 Å². The molecule has 4 nitrogen and oxygen atoms in total. The number of halogens is 1. The van der Waals surface area contributed by atoms with Crippen molar-refractivity contribution in [3.63, 3.8) is 0 Å². The van der Waals surface area contributed by atoms with Crippen molar-refractivity contribution in [2.45, 2.75) is 13.5 Å². The van der Waals surface area contributed by atoms with Crippen LogP contribution in [-0.4, -0.2) is 23.1 Å². The lowest BCUT2D eigenvalue weighted by atomic mass is 10.2. The third-order valence-electron chi connectivity index (χ3n) is 3.10. The lowest BCUT2D eigenvalue weighted by molar-refractivity contribution is 0.331. The summed E-state index contributed by atoms with van der Waals surface area (Å²) in [5.41, 5.74) is 1.15. The van der Waals surface area contributed by atoms with E-state index in [2.05, 4.69) is 20.9 Å². The highest BCUT2D eigenvalue weighted by molar-refractivity contribution is 6.32. The van der Waals surface area contributed by atoms with Gasteiger partial charge in [-0.1, -0.05) is 29.8 Å². The van der Waals surface area contributed by atoms with E-state index in [1.807, 2.05) is 25.1 Å². The predicted molar refractivity (Wildman–Crippen MR) is 74.8 cm³/mol. The fourth-order valence-electron chi connectivity index (χ4n) is 2.17. The zero-order valence-electron chi connectivity index (χ0n) is 10.6. The maximum atomic E-state index is 6.20. The molecule has 1 aromatic carbocycles. The third kappa shape index (κ3) is 2.49. The van der Waals surface area contributed by atoms with E-state index in [0.717, 1.165) is 36.0 Å². The van der Waals surface area contributed by atoms with E-state index in [4.69, 9.17) is 16.3 Å². The summed E-state index contributed by atoms with van der Waals surface area (Å²) in [4.78, 5) is 10.7. The minimum atomic E-state index is 0.574. The molecule has 0 fully saturated rings. The number of rotatable bonds is 1. The predicted octanol–water partition coefficient (Wildman–Crippen LogP) is 2.84. The maximum Gasteiger partial charge on any atom is 0.151 e. The molecule has 0 bridgehead atoms. The van der Waals surface area contributed by atoms with Gasteiger partial charge in [0.05, 0.1) is 12.7 Å². The summed E-state index contributed by atoms with van der Waals surface area (Å²) in [6, 6.07) is 8.05. The molecule has 0 unspecified atom stereocenters. The van der Waals surface area contributed by atoms with Crippen LogP contribution in [0.25, 0.3) is 0 Å². The summed E-state index contributed by atoms with van der Waals surface area (Å²) in [5.74, 6) is 2.43. The Bertz CT molecular complexity index is 603. The van der Waals surface area contributed by atoms with Crippen LogP contribution in [0.15, 0.2) is 30.5 Å². The minimum Gasteiger partial charge on any atom is -0.491 e. The fourth-order valence-corrected chi connectivity index (χ4v) is 2.38. The number of benzene rings is 1. The van der Waals surface area contributed by atoms with E-state index in [-0.39, 0.29) is 0 Å². The van der Waals surface area contributed by atoms with Crippen molar-refractivity contribution in [3.05, 3.63) is 46.9 Å². The first-order chi connectivity index (χ1) is 9.24. The molecule has 1 aliphatic rings. The standard InChI is InChI=1S/C14H14ClN3O/c1-10-16-8-12(15)14(17-10)18-6-7-19-13-5-3-2-4-11(13)9-18/h2-5,8H,6-7,9H2,1H3. The van der Waals surface area contributed by atoms with E-state index in [0.29, 0.717) is 11.6 Å². The van der Waals surface area contributed by atoms with Crippen molar-refractivity contribution >= 4 is 17.4 Å². The number of anilines is 1. The van der Waals surface area contributed by atoms with E-state index < -0.39 is 0 Å². The zero-order chi connectivity index (χ0) is 13.2. The monoisotopic (exact) mass is 275 g/mol. The van der Waals surface area contributed by atoms with Crippen LogP contribution in [0.4, 0.5) is 5.82 Å². The molecule has 3 rings (SSSR count). The zero-order valence-corrected chi connectivity index (χ0v) is 11.4. The van der Waals surface area contributed by atoms with Crippen molar-refractivity contribution in [1.82, 2.24) is 9.97 Å². The first-order valence-electron chi connectivity index (χ1n) is 6.19. The summed E-state index contributed by atoms with van der Waals surface area (Å²) in [6.45, 7) is 3.98. The highest BCUT2D eigenvalue weighted by Crippen LogP contribution is 2.28. The van der Waals surface area contributed by atoms with Crippen LogP contribution in [0.5, 0.6) is 5.75 Å². The Morgan fingerprint density at radius 2 is 2.16 bits per heavy atom. The van der Waals surface area contributed by atoms with Gasteiger partial charge in [0.2, 0.25) is 0 Å². The van der Waals surface area contributed by atoms with Crippen LogP contribution in [0.2, 0.25) is 5.02 Å². The van der Waals surface area contributed by atoms with Gasteiger partial charge in [0.15, 0.2) is 5.82 Å². The lowest BCUT2D eigenvalue weighted by Gasteiger charge is -2.21. The second-order valence-corrected chi connectivity index (χ2v) is 4.87. The van der Waals surface area contributed by atoms with E-state index in [1.165, 1.54) is 0 Å². The molecule has 0 aliphatic carbocycles. The molecule has 2 aromatic rings. The largest absolute Gasteiger partial charge is 0.491 e. The Morgan fingerprint density at radius 1 is 1.32 bits per heavy atom. The van der Waals surface area contributed by atoms with Gasteiger partial charge in [0.25, 0.3) is 0 Å². The number of para-hydroxylation sites is 1. The van der Waals surface area contributed by atoms with Crippen LogP contribution in [0.3, 0.4) is 0 Å². The fraction of sp³-hybridized carbons (Fsp3) is 0.286. The van der Waals surface area contributed by atoms with Gasteiger partial charge in [0.1, 0.15) is 23.2 Å². The van der Waals surface area contributed by atoms with Crippen LogP contribution < -0.4 is 9.64 Å². The molecule has 0 spiro atoms. The quantitative estimate of drug-likeness (QED) is 0.802. The first kappa shape index (κ1) is 12.2. The number of nitrogens with zero attached hydrogens (tertiary/aromatic N) is 3. The van der Waals surface area contributed by atoms with Gasteiger partial charge in [-0.2, -0.15) is 0 Å². The molecule has 2 heterocycles. The molecule has 0 atom stereocenters. The van der Waals surface area contributed by atoms with Gasteiger partial charge in [-0.15, -0.1) is 0 Å². The Kier molecular flexibility index (Phi) is 3.25. The Morgan fingerprint density at radius 3 is 3.05 bits per heavy atom. The van der Waals surface area contributed by atoms with Crippen molar-refractivity contribution < 1.29 is 4.74 Å². The topological polar surface area (TPSA) is 38.2 Å². The summed E-state index contributed by atoms with van der Waals surface area (Å²) < 4.78 is 5.74. The summed E-state index contributed by atoms with van der Waals surface area (Å²) in [7, 11) is 0. The van der Waals surface area contributed by atoms with Gasteiger partial charge in [-0.3, -0.25) is 0 Å². The van der Waals surface area contributed by atoms with Gasteiger partial charge < -0.3 is 9.64 Å². The van der Waals surface area contributed by atoms with Crippen molar-refractivity contribution in [3.8, 4) is 5.75 Å². The third-order valence-corrected chi connectivity index (χ3v) is 3.36. The lowest BCUT2D eigenvalue weighted by Crippen LogP contribution is -2.26. The summed E-state index contributed by atoms with van der Waals surface area (Å²) in [5, 5.41) is 0.574. The molecular weight excluding hydrogens is 262 g/mol. The Hall–Kier alpha value is -1.81. The van der Waals surface area contributed by atoms with Crippen LogP contribution in [-0.2, 0) is 6.54 Å². The summed E-state index contributed by atoms with van der Waals surface area (Å²) >= 11 is 6.20. The van der Waals surface area contributed by atoms with Crippen molar-refractivity contribution in [2.24, 2.45) is 0 Å². The molecule has 0 radical (unpaired) electrons. The minimum absolute atomic E-state index is 0.574. The van der Waals surface area contributed by atoms with Crippen molar-refractivity contribution in [1.29, 1.82) is 0 Å². The SMILES string of the molecule is Cc1ncc(Cl)c(N2CCOc3ccccc3C2)n1. The average Bonchev–Trinajstić information content (AvgIpc) is 2.63. The molecule has 19 heavy (non-hydrogen) atoms. The number of hydrogen-bond acceptors (Lipinski definition) is 4. The number of hydrogen-bond donors (Lipinski definition) is 0.